The number of aryl methyl sites for hydroxylation is 2. The normalized spacial score (nSPS) is 10.8. The Morgan fingerprint density at radius 2 is 2.12 bits per heavy atom. The number of amides is 1. The molecule has 0 saturated carbocycles. The molecule has 8 heteroatoms. The van der Waals surface area contributed by atoms with E-state index in [1.807, 2.05) is 26.0 Å². The molecule has 124 valence electrons. The zero-order valence-corrected chi connectivity index (χ0v) is 13.4. The van der Waals surface area contributed by atoms with Crippen molar-refractivity contribution < 1.29 is 9.32 Å². The average Bonchev–Trinajstić information content (AvgIpc) is 3.18. The fourth-order valence-electron chi connectivity index (χ4n) is 2.24. The summed E-state index contributed by atoms with van der Waals surface area (Å²) in [6, 6.07) is 7.68. The lowest BCUT2D eigenvalue weighted by molar-refractivity contribution is 0.0945. The summed E-state index contributed by atoms with van der Waals surface area (Å²) < 4.78 is 5.91. The van der Waals surface area contributed by atoms with Gasteiger partial charge in [-0.05, 0) is 36.6 Å². The molecule has 0 bridgehead atoms. The number of rotatable bonds is 5. The minimum absolute atomic E-state index is 0.218. The number of H-pyrrole nitrogens is 1. The van der Waals surface area contributed by atoms with E-state index in [1.54, 1.807) is 12.3 Å². The Balaban J connectivity index is 1.61. The summed E-state index contributed by atoms with van der Waals surface area (Å²) >= 11 is 0. The van der Waals surface area contributed by atoms with Crippen LogP contribution in [0.2, 0.25) is 0 Å². The average molecular weight is 327 g/mol. The maximum absolute atomic E-state index is 12.2. The van der Waals surface area contributed by atoms with E-state index in [0.717, 1.165) is 5.56 Å². The Kier molecular flexibility index (Phi) is 4.28. The molecule has 0 aliphatic carbocycles. The largest absolute Gasteiger partial charge is 0.438 e. The van der Waals surface area contributed by atoms with E-state index in [2.05, 4.69) is 31.1 Å². The molecular weight excluding hydrogens is 310 g/mol. The van der Waals surface area contributed by atoms with Gasteiger partial charge in [0.1, 0.15) is 12.2 Å². The molecule has 0 atom stereocenters. The number of benzene rings is 1. The number of aromatic amines is 1. The summed E-state index contributed by atoms with van der Waals surface area (Å²) in [6.07, 6.45) is 1.64. The maximum Gasteiger partial charge on any atom is 0.438 e. The Morgan fingerprint density at radius 3 is 2.83 bits per heavy atom. The van der Waals surface area contributed by atoms with Crippen molar-refractivity contribution in [1.29, 1.82) is 0 Å². The number of carbonyl (C=O) groups is 1. The Bertz CT molecular complexity index is 922. The molecule has 2 aromatic heterocycles. The van der Waals surface area contributed by atoms with Gasteiger partial charge in [0.25, 0.3) is 5.91 Å². The molecule has 0 aliphatic heterocycles. The van der Waals surface area contributed by atoms with Crippen LogP contribution >= 0.6 is 0 Å². The lowest BCUT2D eigenvalue weighted by Gasteiger charge is -2.06. The molecule has 2 heterocycles. The predicted molar refractivity (Wildman–Crippen MR) is 85.5 cm³/mol. The van der Waals surface area contributed by atoms with Crippen LogP contribution in [-0.2, 0) is 13.1 Å². The standard InChI is InChI=1S/C16H17N5O3/c1-10-3-4-12(7-11(10)2)8-17-15(22)13-5-6-21(19-13)9-14-18-16(23)24-20-14/h3-7H,8-9H2,1-2H3,(H,17,22)(H,18,20,23). The van der Waals surface area contributed by atoms with E-state index in [9.17, 15) is 9.59 Å². The van der Waals surface area contributed by atoms with Crippen molar-refractivity contribution in [3.05, 3.63) is 69.2 Å². The third-order valence-electron chi connectivity index (χ3n) is 3.69. The van der Waals surface area contributed by atoms with Crippen molar-refractivity contribution in [1.82, 2.24) is 25.2 Å². The SMILES string of the molecule is Cc1ccc(CNC(=O)c2ccn(Cc3noc(=O)[nH]3)n2)cc1C. The summed E-state index contributed by atoms with van der Waals surface area (Å²) in [5.41, 5.74) is 3.73. The first kappa shape index (κ1) is 15.7. The van der Waals surface area contributed by atoms with Crippen LogP contribution in [0.25, 0.3) is 0 Å². The van der Waals surface area contributed by atoms with E-state index in [-0.39, 0.29) is 12.5 Å². The summed E-state index contributed by atoms with van der Waals surface area (Å²) in [5.74, 6) is -0.547. The van der Waals surface area contributed by atoms with Crippen LogP contribution in [0, 0.1) is 13.8 Å². The third kappa shape index (κ3) is 3.60. The zero-order chi connectivity index (χ0) is 17.1. The maximum atomic E-state index is 12.2. The van der Waals surface area contributed by atoms with Crippen molar-refractivity contribution in [3.63, 3.8) is 0 Å². The first-order valence-corrected chi connectivity index (χ1v) is 7.44. The second kappa shape index (κ2) is 6.53. The molecule has 0 saturated heterocycles. The first-order chi connectivity index (χ1) is 11.5. The monoisotopic (exact) mass is 327 g/mol. The predicted octanol–water partition coefficient (Wildman–Crippen LogP) is 1.15. The molecule has 0 unspecified atom stereocenters. The molecule has 24 heavy (non-hydrogen) atoms. The van der Waals surface area contributed by atoms with Crippen LogP contribution in [0.5, 0.6) is 0 Å². The second-order valence-electron chi connectivity index (χ2n) is 5.54. The summed E-state index contributed by atoms with van der Waals surface area (Å²) in [6.45, 7) is 4.74. The van der Waals surface area contributed by atoms with E-state index >= 15 is 0 Å². The second-order valence-corrected chi connectivity index (χ2v) is 5.54. The molecular formula is C16H17N5O3. The lowest BCUT2D eigenvalue weighted by Crippen LogP contribution is -2.23. The van der Waals surface area contributed by atoms with Gasteiger partial charge in [0.15, 0.2) is 5.82 Å². The molecule has 0 radical (unpaired) electrons. The number of carbonyl (C=O) groups excluding carboxylic acids is 1. The summed E-state index contributed by atoms with van der Waals surface area (Å²) in [5, 5.41) is 10.5. The van der Waals surface area contributed by atoms with Gasteiger partial charge < -0.3 is 5.32 Å². The molecule has 3 rings (SSSR count). The van der Waals surface area contributed by atoms with E-state index in [0.29, 0.717) is 18.1 Å². The topological polar surface area (TPSA) is 106 Å². The quantitative estimate of drug-likeness (QED) is 0.731. The van der Waals surface area contributed by atoms with Crippen molar-refractivity contribution in [2.75, 3.05) is 0 Å². The van der Waals surface area contributed by atoms with Gasteiger partial charge in [-0.2, -0.15) is 5.10 Å². The highest BCUT2D eigenvalue weighted by molar-refractivity contribution is 5.92. The fraction of sp³-hybridized carbons (Fsp3) is 0.250. The van der Waals surface area contributed by atoms with Crippen LogP contribution in [-0.4, -0.2) is 25.8 Å². The number of aromatic nitrogens is 4. The molecule has 0 fully saturated rings. The van der Waals surface area contributed by atoms with Crippen LogP contribution in [0.15, 0.2) is 39.8 Å². The van der Waals surface area contributed by atoms with Gasteiger partial charge in [0.05, 0.1) is 0 Å². The van der Waals surface area contributed by atoms with E-state index in [1.165, 1.54) is 15.8 Å². The van der Waals surface area contributed by atoms with Gasteiger partial charge in [-0.25, -0.2) is 4.79 Å². The number of nitrogens with one attached hydrogen (secondary N) is 2. The van der Waals surface area contributed by atoms with Crippen LogP contribution in [0.1, 0.15) is 33.0 Å². The van der Waals surface area contributed by atoms with Crippen molar-refractivity contribution in [3.8, 4) is 0 Å². The first-order valence-electron chi connectivity index (χ1n) is 7.44. The molecule has 2 N–H and O–H groups in total. The molecule has 1 aromatic carbocycles. The Morgan fingerprint density at radius 1 is 1.29 bits per heavy atom. The molecule has 8 nitrogen and oxygen atoms in total. The van der Waals surface area contributed by atoms with Crippen LogP contribution < -0.4 is 11.1 Å². The minimum atomic E-state index is -0.622. The molecule has 0 aliphatic rings. The van der Waals surface area contributed by atoms with Crippen LogP contribution in [0.3, 0.4) is 0 Å². The lowest BCUT2D eigenvalue weighted by atomic mass is 10.1. The van der Waals surface area contributed by atoms with Gasteiger partial charge in [0, 0.05) is 12.7 Å². The number of nitrogens with zero attached hydrogens (tertiary/aromatic N) is 3. The number of hydrogen-bond acceptors (Lipinski definition) is 5. The van der Waals surface area contributed by atoms with Gasteiger partial charge in [-0.1, -0.05) is 23.4 Å². The highest BCUT2D eigenvalue weighted by Crippen LogP contribution is 2.09. The number of hydrogen-bond donors (Lipinski definition) is 2. The van der Waals surface area contributed by atoms with Crippen LogP contribution in [0.4, 0.5) is 0 Å². The highest BCUT2D eigenvalue weighted by atomic mass is 16.5. The third-order valence-corrected chi connectivity index (χ3v) is 3.69. The highest BCUT2D eigenvalue weighted by Gasteiger charge is 2.10. The van der Waals surface area contributed by atoms with E-state index in [4.69, 9.17) is 0 Å². The summed E-state index contributed by atoms with van der Waals surface area (Å²) in [4.78, 5) is 25.5. The van der Waals surface area contributed by atoms with E-state index < -0.39 is 5.76 Å². The molecule has 1 amide bonds. The zero-order valence-electron chi connectivity index (χ0n) is 13.4. The minimum Gasteiger partial charge on any atom is -0.347 e. The van der Waals surface area contributed by atoms with Gasteiger partial charge in [-0.15, -0.1) is 0 Å². The van der Waals surface area contributed by atoms with Gasteiger partial charge in [0.2, 0.25) is 0 Å². The van der Waals surface area contributed by atoms with Crippen molar-refractivity contribution >= 4 is 5.91 Å². The summed E-state index contributed by atoms with van der Waals surface area (Å²) in [7, 11) is 0. The van der Waals surface area contributed by atoms with Gasteiger partial charge in [-0.3, -0.25) is 19.0 Å². The Hall–Kier alpha value is -3.16. The van der Waals surface area contributed by atoms with Crippen molar-refractivity contribution in [2.24, 2.45) is 0 Å². The fourth-order valence-corrected chi connectivity index (χ4v) is 2.24. The van der Waals surface area contributed by atoms with Crippen molar-refractivity contribution in [2.45, 2.75) is 26.9 Å². The Labute approximate surface area is 137 Å². The smallest absolute Gasteiger partial charge is 0.347 e. The molecule has 0 spiro atoms. The molecule has 3 aromatic rings. The van der Waals surface area contributed by atoms with Gasteiger partial charge >= 0.3 is 5.76 Å².